The number of nitrogen functional groups attached to an aromatic ring is 1. The fourth-order valence-electron chi connectivity index (χ4n) is 2.65. The molecule has 6 nitrogen and oxygen atoms in total. The zero-order valence-corrected chi connectivity index (χ0v) is 11.0. The van der Waals surface area contributed by atoms with Crippen LogP contribution in [0.3, 0.4) is 0 Å². The third kappa shape index (κ3) is 2.31. The predicted octanol–water partition coefficient (Wildman–Crippen LogP) is 1.82. The number of rotatable bonds is 3. The van der Waals surface area contributed by atoms with Gasteiger partial charge >= 0.3 is 0 Å². The van der Waals surface area contributed by atoms with Crippen LogP contribution in [0.5, 0.6) is 0 Å². The van der Waals surface area contributed by atoms with Crippen LogP contribution in [0, 0.1) is 0 Å². The quantitative estimate of drug-likeness (QED) is 0.648. The number of nitrogens with one attached hydrogen (secondary N) is 1. The van der Waals surface area contributed by atoms with E-state index in [0.29, 0.717) is 17.6 Å². The lowest BCUT2D eigenvalue weighted by Crippen LogP contribution is -2.12. The Kier molecular flexibility index (Phi) is 3.16. The van der Waals surface area contributed by atoms with E-state index in [-0.39, 0.29) is 0 Å². The van der Waals surface area contributed by atoms with Crippen molar-refractivity contribution in [3.63, 3.8) is 0 Å². The highest BCUT2D eigenvalue weighted by Crippen LogP contribution is 2.34. The molecule has 0 aliphatic heterocycles. The Morgan fingerprint density at radius 1 is 1.32 bits per heavy atom. The largest absolute Gasteiger partial charge is 0.331 e. The second-order valence-corrected chi connectivity index (χ2v) is 4.99. The van der Waals surface area contributed by atoms with Gasteiger partial charge in [0.25, 0.3) is 0 Å². The first kappa shape index (κ1) is 12.1. The number of imidazole rings is 1. The summed E-state index contributed by atoms with van der Waals surface area (Å²) < 4.78 is 1.91. The van der Waals surface area contributed by atoms with E-state index in [1.807, 2.05) is 23.9 Å². The summed E-state index contributed by atoms with van der Waals surface area (Å²) in [6.45, 7) is 0. The van der Waals surface area contributed by atoms with E-state index in [1.165, 1.54) is 25.7 Å². The van der Waals surface area contributed by atoms with Crippen molar-refractivity contribution in [2.75, 3.05) is 5.43 Å². The average molecular weight is 258 g/mol. The topological polar surface area (TPSA) is 81.7 Å². The first-order chi connectivity index (χ1) is 9.28. The number of aromatic nitrogens is 4. The minimum absolute atomic E-state index is 0.522. The van der Waals surface area contributed by atoms with Crippen LogP contribution in [0.25, 0.3) is 11.6 Å². The minimum Gasteiger partial charge on any atom is -0.331 e. The second kappa shape index (κ2) is 4.97. The molecule has 0 amide bonds. The molecule has 2 aromatic rings. The van der Waals surface area contributed by atoms with E-state index in [1.54, 1.807) is 6.20 Å². The maximum absolute atomic E-state index is 5.51. The third-order valence-electron chi connectivity index (χ3n) is 3.69. The van der Waals surface area contributed by atoms with Crippen molar-refractivity contribution in [1.29, 1.82) is 0 Å². The van der Waals surface area contributed by atoms with E-state index in [2.05, 4.69) is 20.4 Å². The number of nitrogens with two attached hydrogens (primary N) is 1. The Hall–Kier alpha value is -1.95. The molecule has 0 bridgehead atoms. The van der Waals surface area contributed by atoms with Crippen LogP contribution in [-0.2, 0) is 7.05 Å². The molecule has 3 rings (SSSR count). The van der Waals surface area contributed by atoms with Crippen molar-refractivity contribution in [2.24, 2.45) is 12.9 Å². The van der Waals surface area contributed by atoms with Crippen molar-refractivity contribution < 1.29 is 0 Å². The average Bonchev–Trinajstić information content (AvgIpc) is 3.09. The van der Waals surface area contributed by atoms with Crippen molar-refractivity contribution >= 4 is 5.82 Å². The van der Waals surface area contributed by atoms with Gasteiger partial charge in [-0.25, -0.2) is 20.8 Å². The predicted molar refractivity (Wildman–Crippen MR) is 73.3 cm³/mol. The molecule has 0 unspecified atom stereocenters. The summed E-state index contributed by atoms with van der Waals surface area (Å²) in [5.74, 6) is 8.07. The molecule has 19 heavy (non-hydrogen) atoms. The second-order valence-electron chi connectivity index (χ2n) is 4.99. The molecule has 0 saturated heterocycles. The summed E-state index contributed by atoms with van der Waals surface area (Å²) in [5.41, 5.74) is 3.69. The van der Waals surface area contributed by atoms with Gasteiger partial charge in [0.15, 0.2) is 11.6 Å². The summed E-state index contributed by atoms with van der Waals surface area (Å²) in [7, 11) is 1.93. The molecular formula is C13H18N6. The molecule has 0 aromatic carbocycles. The van der Waals surface area contributed by atoms with Gasteiger partial charge in [-0.15, -0.1) is 0 Å². The highest BCUT2D eigenvalue weighted by molar-refractivity contribution is 5.50. The van der Waals surface area contributed by atoms with Crippen LogP contribution in [0.2, 0.25) is 0 Å². The van der Waals surface area contributed by atoms with Gasteiger partial charge in [-0.2, -0.15) is 0 Å². The van der Waals surface area contributed by atoms with Crippen LogP contribution < -0.4 is 11.3 Å². The Labute approximate surface area is 112 Å². The van der Waals surface area contributed by atoms with E-state index in [9.17, 15) is 0 Å². The molecule has 2 heterocycles. The van der Waals surface area contributed by atoms with Crippen molar-refractivity contribution in [2.45, 2.75) is 31.6 Å². The molecule has 0 radical (unpaired) electrons. The van der Waals surface area contributed by atoms with Crippen LogP contribution in [0.4, 0.5) is 5.82 Å². The van der Waals surface area contributed by atoms with Crippen LogP contribution in [0.1, 0.15) is 37.3 Å². The van der Waals surface area contributed by atoms with Gasteiger partial charge in [0.2, 0.25) is 0 Å². The molecule has 2 aromatic heterocycles. The minimum atomic E-state index is 0.522. The molecule has 1 aliphatic rings. The van der Waals surface area contributed by atoms with E-state index in [4.69, 9.17) is 5.84 Å². The lowest BCUT2D eigenvalue weighted by molar-refractivity contribution is 0.694. The molecule has 1 aliphatic carbocycles. The smallest absolute Gasteiger partial charge is 0.198 e. The summed E-state index contributed by atoms with van der Waals surface area (Å²) in [4.78, 5) is 13.4. The zero-order chi connectivity index (χ0) is 13.2. The summed E-state index contributed by atoms with van der Waals surface area (Å²) in [6.07, 6.45) is 8.57. The Balaban J connectivity index is 2.04. The SMILES string of the molecule is Cn1ccnc1-c1nc(NN)cc(C2CCCC2)n1. The third-order valence-corrected chi connectivity index (χ3v) is 3.69. The van der Waals surface area contributed by atoms with Crippen LogP contribution in [0.15, 0.2) is 18.5 Å². The van der Waals surface area contributed by atoms with Crippen molar-refractivity contribution in [1.82, 2.24) is 19.5 Å². The number of aryl methyl sites for hydroxylation is 1. The zero-order valence-electron chi connectivity index (χ0n) is 11.0. The van der Waals surface area contributed by atoms with Gasteiger partial charge in [0.1, 0.15) is 5.82 Å². The lowest BCUT2D eigenvalue weighted by Gasteiger charge is -2.12. The molecule has 100 valence electrons. The van der Waals surface area contributed by atoms with Gasteiger partial charge in [-0.3, -0.25) is 0 Å². The Morgan fingerprint density at radius 2 is 2.11 bits per heavy atom. The monoisotopic (exact) mass is 258 g/mol. The molecular weight excluding hydrogens is 240 g/mol. The molecule has 0 spiro atoms. The standard InChI is InChI=1S/C13H18N6/c1-19-7-6-15-13(19)12-16-10(8-11(17-12)18-14)9-4-2-3-5-9/h6-9H,2-5,14H2,1H3,(H,16,17,18). The van der Waals surface area contributed by atoms with E-state index in [0.717, 1.165) is 11.5 Å². The van der Waals surface area contributed by atoms with E-state index < -0.39 is 0 Å². The highest BCUT2D eigenvalue weighted by atomic mass is 15.3. The maximum Gasteiger partial charge on any atom is 0.198 e. The van der Waals surface area contributed by atoms with Gasteiger partial charge in [-0.05, 0) is 12.8 Å². The lowest BCUT2D eigenvalue weighted by atomic mass is 10.0. The number of hydrogen-bond donors (Lipinski definition) is 2. The van der Waals surface area contributed by atoms with Gasteiger partial charge in [0.05, 0.1) is 0 Å². The summed E-state index contributed by atoms with van der Waals surface area (Å²) >= 11 is 0. The number of hydrogen-bond acceptors (Lipinski definition) is 5. The van der Waals surface area contributed by atoms with E-state index >= 15 is 0 Å². The summed E-state index contributed by atoms with van der Waals surface area (Å²) in [6, 6.07) is 1.95. The molecule has 1 saturated carbocycles. The van der Waals surface area contributed by atoms with Crippen LogP contribution >= 0.6 is 0 Å². The number of nitrogens with zero attached hydrogens (tertiary/aromatic N) is 4. The molecule has 1 fully saturated rings. The normalized spacial score (nSPS) is 15.9. The van der Waals surface area contributed by atoms with Gasteiger partial charge < -0.3 is 9.99 Å². The first-order valence-electron chi connectivity index (χ1n) is 6.61. The van der Waals surface area contributed by atoms with Gasteiger partial charge in [0, 0.05) is 37.1 Å². The Morgan fingerprint density at radius 3 is 2.74 bits per heavy atom. The molecule has 3 N–H and O–H groups in total. The number of hydrazine groups is 1. The van der Waals surface area contributed by atoms with Crippen LogP contribution in [-0.4, -0.2) is 19.5 Å². The fraction of sp³-hybridized carbons (Fsp3) is 0.462. The molecule has 6 heteroatoms. The van der Waals surface area contributed by atoms with Crippen molar-refractivity contribution in [3.8, 4) is 11.6 Å². The number of anilines is 1. The van der Waals surface area contributed by atoms with Gasteiger partial charge in [-0.1, -0.05) is 12.8 Å². The molecule has 0 atom stereocenters. The Bertz CT molecular complexity index is 570. The highest BCUT2D eigenvalue weighted by Gasteiger charge is 2.21. The fourth-order valence-corrected chi connectivity index (χ4v) is 2.65. The van der Waals surface area contributed by atoms with Crippen molar-refractivity contribution in [3.05, 3.63) is 24.2 Å². The summed E-state index contributed by atoms with van der Waals surface area (Å²) in [5, 5.41) is 0. The first-order valence-corrected chi connectivity index (χ1v) is 6.61. The maximum atomic E-state index is 5.51.